The van der Waals surface area contributed by atoms with Crippen LogP contribution in [-0.4, -0.2) is 36.5 Å². The number of carbonyl (C=O) groups excluding carboxylic acids is 1. The lowest BCUT2D eigenvalue weighted by Crippen LogP contribution is -2.35. The van der Waals surface area contributed by atoms with Gasteiger partial charge in [-0.25, -0.2) is 4.39 Å². The van der Waals surface area contributed by atoms with E-state index in [1.807, 2.05) is 0 Å². The highest BCUT2D eigenvalue weighted by Gasteiger charge is 2.43. The minimum absolute atomic E-state index is 0.259. The van der Waals surface area contributed by atoms with Gasteiger partial charge in [0, 0.05) is 30.3 Å². The maximum absolute atomic E-state index is 14.0. The summed E-state index contributed by atoms with van der Waals surface area (Å²) >= 11 is 0. The lowest BCUT2D eigenvalue weighted by atomic mass is 9.93. The summed E-state index contributed by atoms with van der Waals surface area (Å²) in [5, 5.41) is 3.45. The van der Waals surface area contributed by atoms with Crippen molar-refractivity contribution >= 4 is 5.91 Å². The van der Waals surface area contributed by atoms with Crippen LogP contribution < -0.4 is 11.1 Å². The highest BCUT2D eigenvalue weighted by Crippen LogP contribution is 2.35. The highest BCUT2D eigenvalue weighted by atomic mass is 19.1. The molecule has 1 amide bonds. The Morgan fingerprint density at radius 2 is 2.29 bits per heavy atom. The zero-order valence-electron chi connectivity index (χ0n) is 12.3. The molecule has 21 heavy (non-hydrogen) atoms. The number of amides is 1. The summed E-state index contributed by atoms with van der Waals surface area (Å²) in [4.78, 5) is 13.6. The fourth-order valence-corrected chi connectivity index (χ4v) is 3.92. The average Bonchev–Trinajstić information content (AvgIpc) is 3.01. The highest BCUT2D eigenvalue weighted by molar-refractivity contribution is 5.92. The Bertz CT molecular complexity index is 548. The second-order valence-electron chi connectivity index (χ2n) is 6.16. The monoisotopic (exact) mass is 291 g/mol. The summed E-state index contributed by atoms with van der Waals surface area (Å²) in [7, 11) is 0. The third-order valence-corrected chi connectivity index (χ3v) is 4.95. The molecule has 114 valence electrons. The second-order valence-corrected chi connectivity index (χ2v) is 6.16. The van der Waals surface area contributed by atoms with Crippen LogP contribution >= 0.6 is 0 Å². The van der Waals surface area contributed by atoms with Gasteiger partial charge in [0.15, 0.2) is 0 Å². The van der Waals surface area contributed by atoms with Crippen LogP contribution in [0.3, 0.4) is 0 Å². The molecule has 2 saturated heterocycles. The Hall–Kier alpha value is -1.46. The Kier molecular flexibility index (Phi) is 3.95. The summed E-state index contributed by atoms with van der Waals surface area (Å²) in [5.74, 6) is 0.561. The number of nitrogens with one attached hydrogen (secondary N) is 1. The number of hydrogen-bond donors (Lipinski definition) is 2. The molecule has 0 aromatic heterocycles. The number of benzene rings is 1. The number of halogens is 1. The minimum Gasteiger partial charge on any atom is -0.366 e. The predicted octanol–water partition coefficient (Wildman–Crippen LogP) is 1.35. The molecule has 2 aliphatic rings. The Morgan fingerprint density at radius 1 is 1.48 bits per heavy atom. The number of hydrogen-bond acceptors (Lipinski definition) is 3. The molecule has 3 unspecified atom stereocenters. The number of primary amides is 1. The molecule has 0 aliphatic carbocycles. The van der Waals surface area contributed by atoms with Crippen molar-refractivity contribution in [1.29, 1.82) is 0 Å². The standard InChI is InChI=1S/C16H22FN3O/c1-2-15-13-7-19-6-12(13)9-20(15)8-11-5-10(16(18)21)3-4-14(11)17/h3-5,12-13,15,19H,2,6-9H2,1H3,(H2,18,21). The van der Waals surface area contributed by atoms with Crippen molar-refractivity contribution in [3.63, 3.8) is 0 Å². The summed E-state index contributed by atoms with van der Waals surface area (Å²) in [6.07, 6.45) is 1.07. The SMILES string of the molecule is CCC1C2CNCC2CN1Cc1cc(C(N)=O)ccc1F. The summed E-state index contributed by atoms with van der Waals surface area (Å²) in [6, 6.07) is 4.87. The zero-order valence-corrected chi connectivity index (χ0v) is 12.3. The number of carbonyl (C=O) groups is 1. The van der Waals surface area contributed by atoms with Crippen molar-refractivity contribution in [1.82, 2.24) is 10.2 Å². The topological polar surface area (TPSA) is 58.4 Å². The van der Waals surface area contributed by atoms with E-state index in [1.54, 1.807) is 6.07 Å². The number of rotatable bonds is 4. The van der Waals surface area contributed by atoms with Gasteiger partial charge in [0.05, 0.1) is 0 Å². The van der Waals surface area contributed by atoms with Crippen LogP contribution in [0.15, 0.2) is 18.2 Å². The van der Waals surface area contributed by atoms with Crippen LogP contribution in [0.1, 0.15) is 29.3 Å². The molecule has 4 nitrogen and oxygen atoms in total. The van der Waals surface area contributed by atoms with Gasteiger partial charge in [-0.2, -0.15) is 0 Å². The van der Waals surface area contributed by atoms with Crippen molar-refractivity contribution < 1.29 is 9.18 Å². The number of likely N-dealkylation sites (tertiary alicyclic amines) is 1. The molecule has 2 fully saturated rings. The lowest BCUT2D eigenvalue weighted by Gasteiger charge is -2.27. The second kappa shape index (κ2) is 5.73. The molecule has 0 radical (unpaired) electrons. The van der Waals surface area contributed by atoms with Crippen LogP contribution in [0.5, 0.6) is 0 Å². The maximum atomic E-state index is 14.0. The minimum atomic E-state index is -0.509. The van der Waals surface area contributed by atoms with Gasteiger partial charge >= 0.3 is 0 Å². The van der Waals surface area contributed by atoms with Crippen molar-refractivity contribution in [2.75, 3.05) is 19.6 Å². The van der Waals surface area contributed by atoms with Crippen LogP contribution in [0, 0.1) is 17.7 Å². The van der Waals surface area contributed by atoms with Crippen LogP contribution in [0.25, 0.3) is 0 Å². The number of fused-ring (bicyclic) bond motifs is 1. The van der Waals surface area contributed by atoms with Gasteiger partial charge in [0.2, 0.25) is 5.91 Å². The third kappa shape index (κ3) is 2.68. The van der Waals surface area contributed by atoms with Gasteiger partial charge in [-0.05, 0) is 49.5 Å². The van der Waals surface area contributed by atoms with E-state index in [0.717, 1.165) is 26.1 Å². The average molecular weight is 291 g/mol. The lowest BCUT2D eigenvalue weighted by molar-refractivity contribution is 0.1000. The first-order chi connectivity index (χ1) is 10.1. The molecule has 3 N–H and O–H groups in total. The van der Waals surface area contributed by atoms with Gasteiger partial charge in [-0.1, -0.05) is 6.92 Å². The van der Waals surface area contributed by atoms with E-state index in [-0.39, 0.29) is 5.82 Å². The molecule has 0 saturated carbocycles. The Morgan fingerprint density at radius 3 is 3.00 bits per heavy atom. The zero-order chi connectivity index (χ0) is 15.0. The smallest absolute Gasteiger partial charge is 0.248 e. The van der Waals surface area contributed by atoms with Crippen LogP contribution in [-0.2, 0) is 6.54 Å². The quantitative estimate of drug-likeness (QED) is 0.880. The van der Waals surface area contributed by atoms with E-state index in [0.29, 0.717) is 35.5 Å². The van der Waals surface area contributed by atoms with Crippen LogP contribution in [0.4, 0.5) is 4.39 Å². The predicted molar refractivity (Wildman–Crippen MR) is 79.3 cm³/mol. The molecule has 1 aromatic carbocycles. The largest absolute Gasteiger partial charge is 0.366 e. The van der Waals surface area contributed by atoms with E-state index < -0.39 is 5.91 Å². The van der Waals surface area contributed by atoms with Gasteiger partial charge < -0.3 is 11.1 Å². The Labute approximate surface area is 124 Å². The summed E-state index contributed by atoms with van der Waals surface area (Å²) in [5.41, 5.74) is 6.23. The van der Waals surface area contributed by atoms with Gasteiger partial charge in [0.25, 0.3) is 0 Å². The molecule has 3 atom stereocenters. The van der Waals surface area contributed by atoms with Crippen molar-refractivity contribution in [3.8, 4) is 0 Å². The van der Waals surface area contributed by atoms with Gasteiger partial charge in [-0.3, -0.25) is 9.69 Å². The van der Waals surface area contributed by atoms with Crippen LogP contribution in [0.2, 0.25) is 0 Å². The molecule has 1 aromatic rings. The van der Waals surface area contributed by atoms with E-state index in [2.05, 4.69) is 17.1 Å². The van der Waals surface area contributed by atoms with Crippen molar-refractivity contribution in [3.05, 3.63) is 35.1 Å². The normalized spacial score (nSPS) is 28.8. The molecule has 5 heteroatoms. The summed E-state index contributed by atoms with van der Waals surface area (Å²) in [6.45, 7) is 5.86. The van der Waals surface area contributed by atoms with E-state index in [9.17, 15) is 9.18 Å². The molecule has 0 spiro atoms. The number of nitrogens with zero attached hydrogens (tertiary/aromatic N) is 1. The molecule has 3 rings (SSSR count). The van der Waals surface area contributed by atoms with Gasteiger partial charge in [-0.15, -0.1) is 0 Å². The first-order valence-corrected chi connectivity index (χ1v) is 7.63. The Balaban J connectivity index is 1.80. The van der Waals surface area contributed by atoms with E-state index >= 15 is 0 Å². The van der Waals surface area contributed by atoms with E-state index in [4.69, 9.17) is 5.73 Å². The molecule has 2 aliphatic heterocycles. The van der Waals surface area contributed by atoms with E-state index in [1.165, 1.54) is 12.1 Å². The van der Waals surface area contributed by atoms with Crippen molar-refractivity contribution in [2.24, 2.45) is 17.6 Å². The fraction of sp³-hybridized carbons (Fsp3) is 0.562. The summed E-state index contributed by atoms with van der Waals surface area (Å²) < 4.78 is 14.0. The first kappa shape index (κ1) is 14.5. The first-order valence-electron chi connectivity index (χ1n) is 7.63. The number of nitrogens with two attached hydrogens (primary N) is 1. The maximum Gasteiger partial charge on any atom is 0.248 e. The van der Waals surface area contributed by atoms with Gasteiger partial charge in [0.1, 0.15) is 5.82 Å². The molecule has 2 heterocycles. The fourth-order valence-electron chi connectivity index (χ4n) is 3.92. The van der Waals surface area contributed by atoms with Crippen molar-refractivity contribution in [2.45, 2.75) is 25.9 Å². The molecular weight excluding hydrogens is 269 g/mol. The molecular formula is C16H22FN3O. The third-order valence-electron chi connectivity index (χ3n) is 4.95. The molecule has 0 bridgehead atoms.